The number of halogens is 1. The number of benzene rings is 2. The van der Waals surface area contributed by atoms with E-state index in [0.717, 1.165) is 22.4 Å². The maximum absolute atomic E-state index is 12.2. The number of para-hydroxylation sites is 1. The number of carbonyl (C=O) groups excluding carboxylic acids is 2. The zero-order valence-electron chi connectivity index (χ0n) is 14.8. The fraction of sp³-hybridized carbons (Fsp3) is 0.263. The van der Waals surface area contributed by atoms with Crippen molar-refractivity contribution in [2.75, 3.05) is 24.2 Å². The summed E-state index contributed by atoms with van der Waals surface area (Å²) in [5.74, 6) is -0.253. The van der Waals surface area contributed by atoms with E-state index in [9.17, 15) is 9.59 Å². The lowest BCUT2D eigenvalue weighted by Crippen LogP contribution is -2.37. The third-order valence-corrected chi connectivity index (χ3v) is 4.30. The Bertz CT molecular complexity index is 785. The smallest absolute Gasteiger partial charge is 0.322 e. The van der Waals surface area contributed by atoms with Gasteiger partial charge in [-0.25, -0.2) is 4.79 Å². The van der Waals surface area contributed by atoms with E-state index in [1.54, 1.807) is 19.2 Å². The van der Waals surface area contributed by atoms with Crippen LogP contribution in [0, 0.1) is 20.8 Å². The van der Waals surface area contributed by atoms with Crippen molar-refractivity contribution in [2.45, 2.75) is 20.8 Å². The number of hydrogen-bond acceptors (Lipinski definition) is 2. The molecule has 6 heteroatoms. The molecule has 2 aromatic rings. The van der Waals surface area contributed by atoms with Gasteiger partial charge in [-0.15, -0.1) is 0 Å². The molecule has 0 spiro atoms. The molecule has 0 aliphatic rings. The van der Waals surface area contributed by atoms with Gasteiger partial charge in [0.25, 0.3) is 0 Å². The first kappa shape index (κ1) is 18.8. The molecule has 2 aromatic carbocycles. The largest absolute Gasteiger partial charge is 0.324 e. The van der Waals surface area contributed by atoms with Gasteiger partial charge in [-0.05, 0) is 49.6 Å². The number of likely N-dealkylation sites (N-methyl/N-ethyl adjacent to an activating group) is 1. The van der Waals surface area contributed by atoms with Gasteiger partial charge >= 0.3 is 6.03 Å². The van der Waals surface area contributed by atoms with E-state index in [-0.39, 0.29) is 18.5 Å². The number of anilines is 2. The Morgan fingerprint density at radius 3 is 2.24 bits per heavy atom. The highest BCUT2D eigenvalue weighted by molar-refractivity contribution is 6.31. The molecule has 0 radical (unpaired) electrons. The van der Waals surface area contributed by atoms with Gasteiger partial charge in [0.15, 0.2) is 0 Å². The lowest BCUT2D eigenvalue weighted by molar-refractivity contribution is -0.116. The van der Waals surface area contributed by atoms with Crippen molar-refractivity contribution in [3.8, 4) is 0 Å². The second kappa shape index (κ2) is 8.03. The Labute approximate surface area is 153 Å². The molecule has 25 heavy (non-hydrogen) atoms. The van der Waals surface area contributed by atoms with Crippen LogP contribution in [-0.4, -0.2) is 30.4 Å². The highest BCUT2D eigenvalue weighted by Crippen LogP contribution is 2.21. The van der Waals surface area contributed by atoms with E-state index < -0.39 is 0 Å². The predicted octanol–water partition coefficient (Wildman–Crippen LogP) is 4.37. The van der Waals surface area contributed by atoms with Gasteiger partial charge < -0.3 is 15.5 Å². The Hall–Kier alpha value is -2.53. The molecule has 0 fully saturated rings. The van der Waals surface area contributed by atoms with E-state index >= 15 is 0 Å². The van der Waals surface area contributed by atoms with Crippen LogP contribution in [0.4, 0.5) is 16.2 Å². The molecule has 5 nitrogen and oxygen atoms in total. The summed E-state index contributed by atoms with van der Waals surface area (Å²) < 4.78 is 0. The molecule has 2 rings (SSSR count). The molecule has 3 amide bonds. The van der Waals surface area contributed by atoms with Crippen molar-refractivity contribution in [3.63, 3.8) is 0 Å². The first-order chi connectivity index (χ1) is 11.8. The first-order valence-electron chi connectivity index (χ1n) is 7.92. The number of urea groups is 1. The van der Waals surface area contributed by atoms with E-state index in [4.69, 9.17) is 11.6 Å². The summed E-state index contributed by atoms with van der Waals surface area (Å²) in [5, 5.41) is 6.16. The minimum Gasteiger partial charge on any atom is -0.324 e. The van der Waals surface area contributed by atoms with Crippen molar-refractivity contribution < 1.29 is 9.59 Å². The zero-order chi connectivity index (χ0) is 18.6. The summed E-state index contributed by atoms with van der Waals surface area (Å²) in [6, 6.07) is 10.7. The van der Waals surface area contributed by atoms with Gasteiger partial charge in [0.05, 0.1) is 0 Å². The number of nitrogens with zero attached hydrogens (tertiary/aromatic N) is 1. The number of nitrogens with one attached hydrogen (secondary N) is 2. The standard InChI is InChI=1S/C19H22ClN3O2/c1-12-8-9-15(10-16(12)20)21-19(25)23(4)11-17(24)22-18-13(2)6-5-7-14(18)3/h5-10H,11H2,1-4H3,(H,21,25)(H,22,24). The SMILES string of the molecule is Cc1ccc(NC(=O)N(C)CC(=O)Nc2c(C)cccc2C)cc1Cl. The second-order valence-corrected chi connectivity index (χ2v) is 6.47. The van der Waals surface area contributed by atoms with Crippen molar-refractivity contribution >= 4 is 34.9 Å². The molecule has 2 N–H and O–H groups in total. The maximum atomic E-state index is 12.2. The maximum Gasteiger partial charge on any atom is 0.322 e. The summed E-state index contributed by atoms with van der Waals surface area (Å²) in [6.45, 7) is 5.69. The van der Waals surface area contributed by atoms with Gasteiger partial charge in [-0.1, -0.05) is 35.9 Å². The Kier molecular flexibility index (Phi) is 6.04. The van der Waals surface area contributed by atoms with Gasteiger partial charge in [0, 0.05) is 23.4 Å². The van der Waals surface area contributed by atoms with Crippen molar-refractivity contribution in [2.24, 2.45) is 0 Å². The molecule has 0 aromatic heterocycles. The van der Waals surface area contributed by atoms with E-state index in [1.807, 2.05) is 45.0 Å². The third-order valence-electron chi connectivity index (χ3n) is 3.90. The van der Waals surface area contributed by atoms with Crippen LogP contribution in [0.5, 0.6) is 0 Å². The molecule has 0 aliphatic carbocycles. The summed E-state index contributed by atoms with van der Waals surface area (Å²) in [7, 11) is 1.56. The van der Waals surface area contributed by atoms with Crippen LogP contribution in [0.25, 0.3) is 0 Å². The summed E-state index contributed by atoms with van der Waals surface area (Å²) in [6.07, 6.45) is 0. The Morgan fingerprint density at radius 2 is 1.64 bits per heavy atom. The number of hydrogen-bond donors (Lipinski definition) is 2. The number of rotatable bonds is 4. The van der Waals surface area contributed by atoms with Crippen LogP contribution in [0.1, 0.15) is 16.7 Å². The van der Waals surface area contributed by atoms with E-state index in [1.165, 1.54) is 4.90 Å². The van der Waals surface area contributed by atoms with Crippen LogP contribution in [0.15, 0.2) is 36.4 Å². The first-order valence-corrected chi connectivity index (χ1v) is 8.30. The molecule has 0 saturated carbocycles. The second-order valence-electron chi connectivity index (χ2n) is 6.07. The molecule has 0 atom stereocenters. The molecule has 0 saturated heterocycles. The fourth-order valence-electron chi connectivity index (χ4n) is 2.37. The predicted molar refractivity (Wildman–Crippen MR) is 102 cm³/mol. The molecule has 132 valence electrons. The number of aryl methyl sites for hydroxylation is 3. The van der Waals surface area contributed by atoms with Gasteiger partial charge in [0.1, 0.15) is 6.54 Å². The Morgan fingerprint density at radius 1 is 1.00 bits per heavy atom. The summed E-state index contributed by atoms with van der Waals surface area (Å²) in [5.41, 5.74) is 4.26. The van der Waals surface area contributed by atoms with Crippen molar-refractivity contribution in [1.29, 1.82) is 0 Å². The van der Waals surface area contributed by atoms with Crippen LogP contribution in [-0.2, 0) is 4.79 Å². The highest BCUT2D eigenvalue weighted by Gasteiger charge is 2.15. The van der Waals surface area contributed by atoms with E-state index in [2.05, 4.69) is 10.6 Å². The van der Waals surface area contributed by atoms with Crippen molar-refractivity contribution in [3.05, 3.63) is 58.1 Å². The monoisotopic (exact) mass is 359 g/mol. The minimum atomic E-state index is -0.378. The number of amides is 3. The zero-order valence-corrected chi connectivity index (χ0v) is 15.6. The molecule has 0 unspecified atom stereocenters. The quantitative estimate of drug-likeness (QED) is 0.851. The molecular formula is C19H22ClN3O2. The van der Waals surface area contributed by atoms with Crippen LogP contribution < -0.4 is 10.6 Å². The van der Waals surface area contributed by atoms with Gasteiger partial charge in [-0.2, -0.15) is 0 Å². The molecular weight excluding hydrogens is 338 g/mol. The average Bonchev–Trinajstić information content (AvgIpc) is 2.54. The van der Waals surface area contributed by atoms with E-state index in [0.29, 0.717) is 10.7 Å². The molecule has 0 bridgehead atoms. The van der Waals surface area contributed by atoms with Crippen LogP contribution in [0.3, 0.4) is 0 Å². The van der Waals surface area contributed by atoms with Crippen molar-refractivity contribution in [1.82, 2.24) is 4.90 Å². The summed E-state index contributed by atoms with van der Waals surface area (Å²) >= 11 is 6.05. The fourth-order valence-corrected chi connectivity index (χ4v) is 2.55. The average molecular weight is 360 g/mol. The minimum absolute atomic E-state index is 0.0563. The lowest BCUT2D eigenvalue weighted by Gasteiger charge is -2.19. The lowest BCUT2D eigenvalue weighted by atomic mass is 10.1. The van der Waals surface area contributed by atoms with Crippen LogP contribution in [0.2, 0.25) is 5.02 Å². The van der Waals surface area contributed by atoms with Crippen LogP contribution >= 0.6 is 11.6 Å². The highest BCUT2D eigenvalue weighted by atomic mass is 35.5. The van der Waals surface area contributed by atoms with Gasteiger partial charge in [0.2, 0.25) is 5.91 Å². The third kappa shape index (κ3) is 4.97. The molecule has 0 heterocycles. The normalized spacial score (nSPS) is 10.3. The molecule has 0 aliphatic heterocycles. The number of carbonyl (C=O) groups is 2. The van der Waals surface area contributed by atoms with Gasteiger partial charge in [-0.3, -0.25) is 4.79 Å². The topological polar surface area (TPSA) is 61.4 Å². The summed E-state index contributed by atoms with van der Waals surface area (Å²) in [4.78, 5) is 25.8. The Balaban J connectivity index is 1.96.